The van der Waals surface area contributed by atoms with Crippen LogP contribution >= 0.6 is 0 Å². The predicted octanol–water partition coefficient (Wildman–Crippen LogP) is 8.14. The Labute approximate surface area is 225 Å². The number of benzene rings is 3. The molecule has 0 bridgehead atoms. The Morgan fingerprint density at radius 2 is 1.51 bits per heavy atom. The maximum absolute atomic E-state index is 15.1. The highest BCUT2D eigenvalue weighted by Crippen LogP contribution is 2.40. The molecule has 1 aliphatic rings. The Bertz CT molecular complexity index is 1320. The van der Waals surface area contributed by atoms with Gasteiger partial charge in [0.25, 0.3) is 0 Å². The van der Waals surface area contributed by atoms with Gasteiger partial charge in [0, 0.05) is 5.56 Å². The molecule has 3 aromatic carbocycles. The van der Waals surface area contributed by atoms with E-state index in [1.807, 2.05) is 6.92 Å². The molecule has 206 valence electrons. The molecule has 0 spiro atoms. The Morgan fingerprint density at radius 3 is 2.18 bits per heavy atom. The van der Waals surface area contributed by atoms with E-state index in [2.05, 4.69) is 6.58 Å². The lowest BCUT2D eigenvalue weighted by Gasteiger charge is -2.28. The third-order valence-corrected chi connectivity index (χ3v) is 6.89. The molecular weight excluding hydrogens is 512 g/mol. The third-order valence-electron chi connectivity index (χ3n) is 6.89. The maximum atomic E-state index is 15.1. The van der Waals surface area contributed by atoms with Gasteiger partial charge in [-0.25, -0.2) is 8.78 Å². The summed E-state index contributed by atoms with van der Waals surface area (Å²) in [6, 6.07) is 12.3. The molecule has 0 saturated heterocycles. The van der Waals surface area contributed by atoms with Crippen LogP contribution in [0.1, 0.15) is 50.5 Å². The van der Waals surface area contributed by atoms with Gasteiger partial charge in [0.05, 0.1) is 19.1 Å². The van der Waals surface area contributed by atoms with E-state index in [1.165, 1.54) is 6.07 Å². The van der Waals surface area contributed by atoms with Crippen molar-refractivity contribution in [3.63, 3.8) is 0 Å². The maximum Gasteiger partial charge on any atom is 0.314 e. The van der Waals surface area contributed by atoms with E-state index in [1.54, 1.807) is 42.5 Å². The van der Waals surface area contributed by atoms with Crippen molar-refractivity contribution in [2.45, 2.75) is 44.9 Å². The highest BCUT2D eigenvalue weighted by Gasteiger charge is 2.31. The van der Waals surface area contributed by atoms with E-state index in [9.17, 15) is 13.6 Å². The fourth-order valence-corrected chi connectivity index (χ4v) is 4.79. The lowest BCUT2D eigenvalue weighted by atomic mass is 9.78. The molecule has 39 heavy (non-hydrogen) atoms. The second-order valence-corrected chi connectivity index (χ2v) is 9.37. The number of hydrogen-bond donors (Lipinski definition) is 0. The number of rotatable bonds is 10. The second kappa shape index (κ2) is 12.8. The van der Waals surface area contributed by atoms with Gasteiger partial charge in [0.2, 0.25) is 11.6 Å². The smallest absolute Gasteiger partial charge is 0.314 e. The van der Waals surface area contributed by atoms with Gasteiger partial charge in [0.1, 0.15) is 5.75 Å². The third kappa shape index (κ3) is 6.44. The molecular formula is C31H30F4O4. The first kappa shape index (κ1) is 28.2. The molecule has 8 heteroatoms. The van der Waals surface area contributed by atoms with Crippen LogP contribution in [0.4, 0.5) is 17.6 Å². The summed E-state index contributed by atoms with van der Waals surface area (Å²) in [5.74, 6) is -6.06. The zero-order valence-electron chi connectivity index (χ0n) is 21.7. The molecule has 4 nitrogen and oxygen atoms in total. The minimum atomic E-state index is -1.31. The summed E-state index contributed by atoms with van der Waals surface area (Å²) in [5.41, 5.74) is 0.949. The van der Waals surface area contributed by atoms with Crippen LogP contribution in [0.15, 0.2) is 61.2 Å². The quantitative estimate of drug-likeness (QED) is 0.0853. The van der Waals surface area contributed by atoms with Crippen molar-refractivity contribution in [2.24, 2.45) is 5.92 Å². The van der Waals surface area contributed by atoms with E-state index in [-0.39, 0.29) is 29.4 Å². The molecule has 0 aromatic heterocycles. The first-order valence-electron chi connectivity index (χ1n) is 13.0. The van der Waals surface area contributed by atoms with Crippen LogP contribution in [0.25, 0.3) is 11.1 Å². The average Bonchev–Trinajstić information content (AvgIpc) is 2.95. The van der Waals surface area contributed by atoms with Crippen molar-refractivity contribution in [1.82, 2.24) is 0 Å². The number of carbonyl (C=O) groups is 1. The standard InChI is InChI=1S/C31H30F4O4/c1-3-5-18-38-25-16-17-26(30(35)29(25)34)39-31(36)21-8-6-19(7-9-21)23-14-15-24(28(33)27(23)32)20-10-12-22(13-11-20)37-4-2/h3,10-17,19,21H,1,4-9,18H2,2H3. The van der Waals surface area contributed by atoms with Gasteiger partial charge in [-0.3, -0.25) is 4.79 Å². The van der Waals surface area contributed by atoms with E-state index in [0.717, 1.165) is 6.07 Å². The minimum Gasteiger partial charge on any atom is -0.494 e. The number of carbonyl (C=O) groups excluding carboxylic acids is 1. The Morgan fingerprint density at radius 1 is 0.846 bits per heavy atom. The van der Waals surface area contributed by atoms with Crippen molar-refractivity contribution in [2.75, 3.05) is 13.2 Å². The number of hydrogen-bond acceptors (Lipinski definition) is 4. The second-order valence-electron chi connectivity index (χ2n) is 9.37. The fourth-order valence-electron chi connectivity index (χ4n) is 4.79. The molecule has 0 amide bonds. The van der Waals surface area contributed by atoms with Gasteiger partial charge in [0.15, 0.2) is 23.1 Å². The Kier molecular flexibility index (Phi) is 9.28. The zero-order chi connectivity index (χ0) is 27.9. The molecule has 0 N–H and O–H groups in total. The predicted molar refractivity (Wildman–Crippen MR) is 140 cm³/mol. The minimum absolute atomic E-state index is 0.136. The molecule has 1 saturated carbocycles. The van der Waals surface area contributed by atoms with Gasteiger partial charge in [-0.05, 0) is 80.3 Å². The van der Waals surface area contributed by atoms with Crippen molar-refractivity contribution >= 4 is 5.97 Å². The lowest BCUT2D eigenvalue weighted by molar-refractivity contribution is -0.140. The van der Waals surface area contributed by atoms with E-state index in [0.29, 0.717) is 50.0 Å². The van der Waals surface area contributed by atoms with Crippen molar-refractivity contribution in [3.8, 4) is 28.4 Å². The highest BCUT2D eigenvalue weighted by atomic mass is 19.2. The van der Waals surface area contributed by atoms with Crippen LogP contribution < -0.4 is 14.2 Å². The summed E-state index contributed by atoms with van der Waals surface area (Å²) < 4.78 is 74.6. The molecule has 1 fully saturated rings. The lowest BCUT2D eigenvalue weighted by Crippen LogP contribution is -2.26. The molecule has 0 unspecified atom stereocenters. The summed E-state index contributed by atoms with van der Waals surface area (Å²) in [5, 5.41) is 0. The summed E-state index contributed by atoms with van der Waals surface area (Å²) in [6.07, 6.45) is 3.58. The largest absolute Gasteiger partial charge is 0.494 e. The molecule has 4 rings (SSSR count). The fraction of sp³-hybridized carbons (Fsp3) is 0.323. The number of halogens is 4. The van der Waals surface area contributed by atoms with Gasteiger partial charge < -0.3 is 14.2 Å². The summed E-state index contributed by atoms with van der Waals surface area (Å²) in [4.78, 5) is 12.7. The SMILES string of the molecule is C=CCCOc1ccc(OC(=O)C2CCC(c3ccc(-c4ccc(OCC)cc4)c(F)c3F)CC2)c(F)c1F. The van der Waals surface area contributed by atoms with Crippen LogP contribution in [-0.4, -0.2) is 19.2 Å². The molecule has 1 aliphatic carbocycles. The highest BCUT2D eigenvalue weighted by molar-refractivity contribution is 5.75. The number of esters is 1. The molecule has 0 heterocycles. The first-order chi connectivity index (χ1) is 18.8. The van der Waals surface area contributed by atoms with Gasteiger partial charge >= 0.3 is 5.97 Å². The van der Waals surface area contributed by atoms with Gasteiger partial charge in [-0.2, -0.15) is 8.78 Å². The first-order valence-corrected chi connectivity index (χ1v) is 13.0. The van der Waals surface area contributed by atoms with E-state index in [4.69, 9.17) is 14.2 Å². The Balaban J connectivity index is 1.38. The normalized spacial score (nSPS) is 16.9. The van der Waals surface area contributed by atoms with Crippen LogP contribution in [-0.2, 0) is 4.79 Å². The Hall–Kier alpha value is -3.81. The molecule has 0 radical (unpaired) electrons. The van der Waals surface area contributed by atoms with Gasteiger partial charge in [-0.1, -0.05) is 30.3 Å². The zero-order valence-corrected chi connectivity index (χ0v) is 21.7. The molecule has 0 aliphatic heterocycles. The topological polar surface area (TPSA) is 44.8 Å². The van der Waals surface area contributed by atoms with Crippen LogP contribution in [0.2, 0.25) is 0 Å². The number of ether oxygens (including phenoxy) is 3. The van der Waals surface area contributed by atoms with Crippen molar-refractivity contribution < 1.29 is 36.6 Å². The molecule has 0 atom stereocenters. The summed E-state index contributed by atoms with van der Waals surface area (Å²) >= 11 is 0. The van der Waals surface area contributed by atoms with Crippen LogP contribution in [0.3, 0.4) is 0 Å². The monoisotopic (exact) mass is 542 g/mol. The van der Waals surface area contributed by atoms with Gasteiger partial charge in [-0.15, -0.1) is 6.58 Å². The summed E-state index contributed by atoms with van der Waals surface area (Å²) in [7, 11) is 0. The van der Waals surface area contributed by atoms with E-state index >= 15 is 8.78 Å². The molecule has 3 aromatic rings. The summed E-state index contributed by atoms with van der Waals surface area (Å²) in [6.45, 7) is 6.03. The van der Waals surface area contributed by atoms with Crippen LogP contribution in [0, 0.1) is 29.2 Å². The average molecular weight is 543 g/mol. The van der Waals surface area contributed by atoms with Crippen molar-refractivity contribution in [1.29, 1.82) is 0 Å². The van der Waals surface area contributed by atoms with Crippen LogP contribution in [0.5, 0.6) is 17.2 Å². The van der Waals surface area contributed by atoms with E-state index < -0.39 is 40.9 Å². The van der Waals surface area contributed by atoms with Crippen molar-refractivity contribution in [3.05, 3.63) is 90.0 Å².